The largest absolute Gasteiger partial charge is 0.444 e. The molecule has 1 atom stereocenters. The van der Waals surface area contributed by atoms with E-state index in [0.717, 1.165) is 22.5 Å². The van der Waals surface area contributed by atoms with Gasteiger partial charge in [-0.2, -0.15) is 0 Å². The molecule has 0 saturated carbocycles. The minimum absolute atomic E-state index is 0.275. The normalized spacial score (nSPS) is 15.4. The van der Waals surface area contributed by atoms with Gasteiger partial charge in [0.2, 0.25) is 0 Å². The molecule has 0 aliphatic carbocycles. The molecular weight excluding hydrogens is 414 g/mol. The minimum atomic E-state index is -0.704. The lowest BCUT2D eigenvalue weighted by molar-refractivity contribution is -0.127. The maximum atomic E-state index is 13.6. The van der Waals surface area contributed by atoms with Crippen LogP contribution in [-0.4, -0.2) is 28.5 Å². The predicted molar refractivity (Wildman–Crippen MR) is 129 cm³/mol. The number of benzene rings is 3. The van der Waals surface area contributed by atoms with E-state index in [2.05, 4.69) is 5.43 Å². The lowest BCUT2D eigenvalue weighted by atomic mass is 9.94. The summed E-state index contributed by atoms with van der Waals surface area (Å²) in [4.78, 5) is 28.2. The molecule has 1 N–H and O–H groups in total. The topological polar surface area (TPSA) is 61.9 Å². The quantitative estimate of drug-likeness (QED) is 0.562. The van der Waals surface area contributed by atoms with Crippen LogP contribution in [-0.2, 0) is 22.5 Å². The first-order chi connectivity index (χ1) is 15.8. The Balaban J connectivity index is 1.65. The second kappa shape index (κ2) is 9.36. The molecule has 0 spiro atoms. The van der Waals surface area contributed by atoms with Crippen molar-refractivity contribution in [1.82, 2.24) is 10.3 Å². The summed E-state index contributed by atoms with van der Waals surface area (Å²) < 4.78 is 5.64. The van der Waals surface area contributed by atoms with Gasteiger partial charge in [0, 0.05) is 6.42 Å². The molecule has 6 nitrogen and oxygen atoms in total. The van der Waals surface area contributed by atoms with Crippen LogP contribution in [0.4, 0.5) is 16.2 Å². The van der Waals surface area contributed by atoms with Crippen molar-refractivity contribution in [1.29, 1.82) is 0 Å². The van der Waals surface area contributed by atoms with Crippen molar-refractivity contribution in [2.75, 3.05) is 5.01 Å². The third-order valence-electron chi connectivity index (χ3n) is 5.43. The molecule has 3 aromatic rings. The first kappa shape index (κ1) is 22.4. The van der Waals surface area contributed by atoms with Gasteiger partial charge in [-0.25, -0.2) is 4.79 Å². The summed E-state index contributed by atoms with van der Waals surface area (Å²) in [5.41, 5.74) is 6.10. The molecule has 4 rings (SSSR count). The van der Waals surface area contributed by atoms with E-state index >= 15 is 0 Å². The summed E-state index contributed by atoms with van der Waals surface area (Å²) in [5, 5.41) is 1.75. The van der Waals surface area contributed by atoms with Gasteiger partial charge in [0.1, 0.15) is 11.6 Å². The van der Waals surface area contributed by atoms with Crippen molar-refractivity contribution >= 4 is 23.4 Å². The third kappa shape index (κ3) is 5.34. The van der Waals surface area contributed by atoms with Crippen LogP contribution >= 0.6 is 0 Å². The highest BCUT2D eigenvalue weighted by Gasteiger charge is 2.37. The number of hydrogen-bond acceptors (Lipinski definition) is 4. The summed E-state index contributed by atoms with van der Waals surface area (Å²) in [6, 6.07) is 26.4. The number of anilines is 2. The minimum Gasteiger partial charge on any atom is -0.444 e. The van der Waals surface area contributed by atoms with Crippen LogP contribution in [0.2, 0.25) is 0 Å². The number of hydrogen-bond donors (Lipinski definition) is 1. The van der Waals surface area contributed by atoms with E-state index in [0.29, 0.717) is 13.0 Å². The molecule has 170 valence electrons. The van der Waals surface area contributed by atoms with E-state index in [-0.39, 0.29) is 5.91 Å². The fourth-order valence-corrected chi connectivity index (χ4v) is 3.89. The van der Waals surface area contributed by atoms with Crippen LogP contribution < -0.4 is 10.4 Å². The Labute approximate surface area is 194 Å². The Morgan fingerprint density at radius 2 is 1.36 bits per heavy atom. The Kier molecular flexibility index (Phi) is 6.36. The van der Waals surface area contributed by atoms with Crippen molar-refractivity contribution in [3.63, 3.8) is 0 Å². The Bertz CT molecular complexity index is 1070. The lowest BCUT2D eigenvalue weighted by Gasteiger charge is -2.38. The summed E-state index contributed by atoms with van der Waals surface area (Å²) in [5.74, 6) is -0.275. The fraction of sp³-hybridized carbons (Fsp3) is 0.259. The predicted octanol–water partition coefficient (Wildman–Crippen LogP) is 5.22. The van der Waals surface area contributed by atoms with E-state index in [4.69, 9.17) is 4.74 Å². The zero-order valence-electron chi connectivity index (χ0n) is 19.2. The van der Waals surface area contributed by atoms with Crippen molar-refractivity contribution in [3.05, 3.63) is 96.1 Å². The molecule has 0 saturated heterocycles. The number of hydrazine groups is 1. The van der Waals surface area contributed by atoms with Crippen LogP contribution in [0.5, 0.6) is 0 Å². The summed E-state index contributed by atoms with van der Waals surface area (Å²) in [6.45, 7) is 5.79. The van der Waals surface area contributed by atoms with Crippen LogP contribution in [0.25, 0.3) is 0 Å². The first-order valence-electron chi connectivity index (χ1n) is 11.1. The summed E-state index contributed by atoms with van der Waals surface area (Å²) in [6.07, 6.45) is -0.0818. The van der Waals surface area contributed by atoms with Gasteiger partial charge in [-0.15, -0.1) is 0 Å². The molecule has 2 amide bonds. The van der Waals surface area contributed by atoms with Crippen LogP contribution in [0.15, 0.2) is 84.9 Å². The molecule has 0 fully saturated rings. The summed E-state index contributed by atoms with van der Waals surface area (Å²) in [7, 11) is 0. The van der Waals surface area contributed by atoms with Gasteiger partial charge in [-0.3, -0.25) is 20.1 Å². The van der Waals surface area contributed by atoms with Gasteiger partial charge in [0.25, 0.3) is 5.91 Å². The monoisotopic (exact) mass is 443 g/mol. The first-order valence-corrected chi connectivity index (χ1v) is 11.1. The molecule has 0 unspecified atom stereocenters. The van der Waals surface area contributed by atoms with E-state index in [9.17, 15) is 9.59 Å². The summed E-state index contributed by atoms with van der Waals surface area (Å²) >= 11 is 0. The van der Waals surface area contributed by atoms with E-state index in [1.54, 1.807) is 5.01 Å². The highest BCUT2D eigenvalue weighted by Crippen LogP contribution is 2.27. The average molecular weight is 444 g/mol. The number of nitrogens with zero attached hydrogens (tertiary/aromatic N) is 2. The highest BCUT2D eigenvalue weighted by atomic mass is 16.6. The maximum Gasteiger partial charge on any atom is 0.411 e. The molecule has 33 heavy (non-hydrogen) atoms. The molecule has 1 heterocycles. The number of fused-ring (bicyclic) bond motifs is 1. The number of rotatable bonds is 4. The van der Waals surface area contributed by atoms with Crippen molar-refractivity contribution in [3.8, 4) is 0 Å². The van der Waals surface area contributed by atoms with Crippen molar-refractivity contribution < 1.29 is 14.3 Å². The molecular formula is C27H29N3O3. The molecule has 0 bridgehead atoms. The molecule has 3 aromatic carbocycles. The lowest BCUT2D eigenvalue weighted by Crippen LogP contribution is -2.56. The number of carbonyl (C=O) groups excluding carboxylic acids is 2. The number of nitrogens with one attached hydrogen (secondary N) is 1. The van der Waals surface area contributed by atoms with Gasteiger partial charge in [0.15, 0.2) is 0 Å². The number of ether oxygens (including phenoxy) is 1. The van der Waals surface area contributed by atoms with Gasteiger partial charge in [-0.1, -0.05) is 60.7 Å². The van der Waals surface area contributed by atoms with E-state index in [1.807, 2.05) is 106 Å². The van der Waals surface area contributed by atoms with Crippen molar-refractivity contribution in [2.45, 2.75) is 45.4 Å². The van der Waals surface area contributed by atoms with Gasteiger partial charge in [-0.05, 0) is 56.2 Å². The zero-order chi connectivity index (χ0) is 23.4. The van der Waals surface area contributed by atoms with E-state index in [1.165, 1.54) is 4.90 Å². The number of amides is 2. The van der Waals surface area contributed by atoms with Crippen LogP contribution in [0.1, 0.15) is 31.9 Å². The van der Waals surface area contributed by atoms with Gasteiger partial charge in [0.05, 0.1) is 17.9 Å². The molecule has 1 aliphatic heterocycles. The third-order valence-corrected chi connectivity index (χ3v) is 5.43. The second-order valence-corrected chi connectivity index (χ2v) is 9.08. The van der Waals surface area contributed by atoms with Crippen molar-refractivity contribution in [2.24, 2.45) is 0 Å². The molecule has 1 aliphatic rings. The fourth-order valence-electron chi connectivity index (χ4n) is 3.89. The zero-order valence-corrected chi connectivity index (χ0v) is 19.2. The number of para-hydroxylation sites is 2. The van der Waals surface area contributed by atoms with Gasteiger partial charge >= 0.3 is 6.09 Å². The second-order valence-electron chi connectivity index (χ2n) is 9.08. The SMILES string of the molecule is CC(C)(C)OC(=O)N1Cc2ccccc2C[C@H]1C(=O)NN(c1ccccc1)c1ccccc1. The maximum absolute atomic E-state index is 13.6. The Morgan fingerprint density at radius 1 is 0.848 bits per heavy atom. The smallest absolute Gasteiger partial charge is 0.411 e. The van der Waals surface area contributed by atoms with Crippen LogP contribution in [0.3, 0.4) is 0 Å². The number of carbonyl (C=O) groups is 2. The molecule has 6 heteroatoms. The Morgan fingerprint density at radius 3 is 1.91 bits per heavy atom. The van der Waals surface area contributed by atoms with Crippen LogP contribution in [0, 0.1) is 0 Å². The van der Waals surface area contributed by atoms with E-state index < -0.39 is 17.7 Å². The highest BCUT2D eigenvalue weighted by molar-refractivity contribution is 5.89. The molecule has 0 aromatic heterocycles. The Hall–Kier alpha value is -3.80. The standard InChI is InChI=1S/C27H29N3O3/c1-27(2,3)33-26(32)29-19-21-13-11-10-12-20(21)18-24(29)25(31)28-30(22-14-6-4-7-15-22)23-16-8-5-9-17-23/h4-17,24H,18-19H2,1-3H3,(H,28,31)/t24-/m0/s1. The average Bonchev–Trinajstić information content (AvgIpc) is 2.81. The van der Waals surface area contributed by atoms with Gasteiger partial charge < -0.3 is 4.74 Å². The molecule has 0 radical (unpaired) electrons.